The summed E-state index contributed by atoms with van der Waals surface area (Å²) in [6.07, 6.45) is 7.99. The number of aldehydes is 1. The quantitative estimate of drug-likeness (QED) is 0.726. The molecule has 0 fully saturated rings. The molecule has 0 spiro atoms. The van der Waals surface area contributed by atoms with Crippen molar-refractivity contribution < 1.29 is 13.9 Å². The standard InChI is InChI=1S/C16H21FO2/c1-11-8-15(16(17)12(2)14(11)9-18)19-10-13-6-4-3-5-7-13/h3-4,6,9,12,15-16H,5,7-8,10H2,1-2H3. The van der Waals surface area contributed by atoms with Gasteiger partial charge in [0.2, 0.25) is 0 Å². The molecule has 0 radical (unpaired) electrons. The van der Waals surface area contributed by atoms with Gasteiger partial charge in [0.05, 0.1) is 12.7 Å². The van der Waals surface area contributed by atoms with Crippen LogP contribution in [0.1, 0.15) is 33.1 Å². The highest BCUT2D eigenvalue weighted by Gasteiger charge is 2.35. The van der Waals surface area contributed by atoms with Gasteiger partial charge in [0.1, 0.15) is 12.5 Å². The first kappa shape index (κ1) is 14.2. The molecule has 0 saturated heterocycles. The number of ether oxygens (including phenoxy) is 1. The molecule has 3 unspecified atom stereocenters. The maximum atomic E-state index is 14.3. The normalized spacial score (nSPS) is 31.3. The smallest absolute Gasteiger partial charge is 0.146 e. The number of rotatable bonds is 4. The van der Waals surface area contributed by atoms with E-state index >= 15 is 0 Å². The van der Waals surface area contributed by atoms with Gasteiger partial charge in [0.25, 0.3) is 0 Å². The Morgan fingerprint density at radius 1 is 1.53 bits per heavy atom. The Bertz CT molecular complexity index is 434. The number of carbonyl (C=O) groups is 1. The highest BCUT2D eigenvalue weighted by atomic mass is 19.1. The summed E-state index contributed by atoms with van der Waals surface area (Å²) >= 11 is 0. The maximum absolute atomic E-state index is 14.3. The van der Waals surface area contributed by atoms with E-state index in [2.05, 4.69) is 6.08 Å². The van der Waals surface area contributed by atoms with Gasteiger partial charge in [-0.05, 0) is 37.3 Å². The van der Waals surface area contributed by atoms with E-state index < -0.39 is 12.3 Å². The van der Waals surface area contributed by atoms with Crippen LogP contribution in [-0.4, -0.2) is 25.2 Å². The molecule has 0 aliphatic heterocycles. The van der Waals surface area contributed by atoms with Gasteiger partial charge in [-0.2, -0.15) is 0 Å². The summed E-state index contributed by atoms with van der Waals surface area (Å²) in [5.41, 5.74) is 2.77. The summed E-state index contributed by atoms with van der Waals surface area (Å²) in [6.45, 7) is 4.15. The molecule has 2 rings (SSSR count). The van der Waals surface area contributed by atoms with E-state index in [1.54, 1.807) is 6.92 Å². The van der Waals surface area contributed by atoms with E-state index in [1.165, 1.54) is 5.57 Å². The lowest BCUT2D eigenvalue weighted by Gasteiger charge is -2.32. The molecule has 0 bridgehead atoms. The van der Waals surface area contributed by atoms with Crippen molar-refractivity contribution in [2.75, 3.05) is 6.61 Å². The fraction of sp³-hybridized carbons (Fsp3) is 0.562. The molecule has 0 amide bonds. The van der Waals surface area contributed by atoms with Gasteiger partial charge in [0, 0.05) is 5.92 Å². The molecule has 2 aliphatic carbocycles. The first-order chi connectivity index (χ1) is 9.13. The van der Waals surface area contributed by atoms with Crippen molar-refractivity contribution in [3.05, 3.63) is 34.9 Å². The van der Waals surface area contributed by atoms with Crippen molar-refractivity contribution in [1.29, 1.82) is 0 Å². The maximum Gasteiger partial charge on any atom is 0.146 e. The van der Waals surface area contributed by atoms with Crippen LogP contribution >= 0.6 is 0 Å². The lowest BCUT2D eigenvalue weighted by atomic mass is 9.82. The van der Waals surface area contributed by atoms with Crippen molar-refractivity contribution in [2.24, 2.45) is 5.92 Å². The average molecular weight is 264 g/mol. The highest BCUT2D eigenvalue weighted by molar-refractivity contribution is 5.75. The Labute approximate surface area is 114 Å². The van der Waals surface area contributed by atoms with Gasteiger partial charge in [-0.25, -0.2) is 4.39 Å². The van der Waals surface area contributed by atoms with E-state index in [9.17, 15) is 9.18 Å². The van der Waals surface area contributed by atoms with Crippen LogP contribution in [0, 0.1) is 5.92 Å². The fourth-order valence-electron chi connectivity index (χ4n) is 2.76. The predicted octanol–water partition coefficient (Wildman–Crippen LogP) is 3.54. The van der Waals surface area contributed by atoms with Crippen molar-refractivity contribution in [3.8, 4) is 0 Å². The molecule has 3 heteroatoms. The fourth-order valence-corrected chi connectivity index (χ4v) is 2.76. The van der Waals surface area contributed by atoms with Crippen molar-refractivity contribution in [2.45, 2.75) is 45.4 Å². The molecule has 0 saturated carbocycles. The predicted molar refractivity (Wildman–Crippen MR) is 73.6 cm³/mol. The number of hydrogen-bond donors (Lipinski definition) is 0. The van der Waals surface area contributed by atoms with Gasteiger partial charge in [-0.1, -0.05) is 30.7 Å². The number of alkyl halides is 1. The minimum atomic E-state index is -1.09. The summed E-state index contributed by atoms with van der Waals surface area (Å²) in [4.78, 5) is 11.0. The monoisotopic (exact) mass is 264 g/mol. The molecule has 2 nitrogen and oxygen atoms in total. The van der Waals surface area contributed by atoms with Crippen LogP contribution in [0.25, 0.3) is 0 Å². The van der Waals surface area contributed by atoms with Crippen LogP contribution in [0.4, 0.5) is 4.39 Å². The molecule has 3 atom stereocenters. The zero-order valence-corrected chi connectivity index (χ0v) is 11.6. The average Bonchev–Trinajstić information content (AvgIpc) is 2.43. The molecule has 2 aliphatic rings. The first-order valence-corrected chi connectivity index (χ1v) is 6.88. The first-order valence-electron chi connectivity index (χ1n) is 6.88. The van der Waals surface area contributed by atoms with Crippen LogP contribution in [0.2, 0.25) is 0 Å². The second kappa shape index (κ2) is 6.29. The second-order valence-corrected chi connectivity index (χ2v) is 5.43. The number of halogens is 1. The molecule has 0 heterocycles. The largest absolute Gasteiger partial charge is 0.370 e. The molecule has 19 heavy (non-hydrogen) atoms. The van der Waals surface area contributed by atoms with E-state index in [4.69, 9.17) is 4.74 Å². The third kappa shape index (κ3) is 3.21. The van der Waals surface area contributed by atoms with E-state index in [1.807, 2.05) is 19.1 Å². The Hall–Kier alpha value is -1.22. The topological polar surface area (TPSA) is 26.3 Å². The highest BCUT2D eigenvalue weighted by Crippen LogP contribution is 2.33. The lowest BCUT2D eigenvalue weighted by Crippen LogP contribution is -2.37. The summed E-state index contributed by atoms with van der Waals surface area (Å²) in [7, 11) is 0. The minimum absolute atomic E-state index is 0.364. The number of allylic oxidation sites excluding steroid dienone is 4. The number of carbonyl (C=O) groups excluding carboxylic acids is 1. The van der Waals surface area contributed by atoms with Gasteiger partial charge in [-0.15, -0.1) is 0 Å². The Balaban J connectivity index is 1.98. The van der Waals surface area contributed by atoms with Gasteiger partial charge < -0.3 is 4.74 Å². The van der Waals surface area contributed by atoms with Gasteiger partial charge >= 0.3 is 0 Å². The molecule has 104 valence electrons. The van der Waals surface area contributed by atoms with Gasteiger partial charge in [-0.3, -0.25) is 4.79 Å². The van der Waals surface area contributed by atoms with Crippen molar-refractivity contribution in [1.82, 2.24) is 0 Å². The minimum Gasteiger partial charge on any atom is -0.370 e. The zero-order chi connectivity index (χ0) is 13.8. The summed E-state index contributed by atoms with van der Waals surface area (Å²) in [6, 6.07) is 0. The second-order valence-electron chi connectivity index (χ2n) is 5.43. The Morgan fingerprint density at radius 3 is 2.95 bits per heavy atom. The lowest BCUT2D eigenvalue weighted by molar-refractivity contribution is -0.106. The van der Waals surface area contributed by atoms with E-state index in [0.717, 1.165) is 24.7 Å². The zero-order valence-electron chi connectivity index (χ0n) is 11.6. The Morgan fingerprint density at radius 2 is 2.32 bits per heavy atom. The van der Waals surface area contributed by atoms with Crippen LogP contribution in [0.15, 0.2) is 34.9 Å². The van der Waals surface area contributed by atoms with E-state index in [0.29, 0.717) is 18.6 Å². The van der Waals surface area contributed by atoms with Crippen molar-refractivity contribution >= 4 is 6.29 Å². The van der Waals surface area contributed by atoms with Crippen LogP contribution in [-0.2, 0) is 9.53 Å². The molecular weight excluding hydrogens is 243 g/mol. The molecule has 0 aromatic heterocycles. The van der Waals surface area contributed by atoms with Crippen LogP contribution in [0.3, 0.4) is 0 Å². The summed E-state index contributed by atoms with van der Waals surface area (Å²) in [5, 5.41) is 0. The summed E-state index contributed by atoms with van der Waals surface area (Å²) in [5.74, 6) is -0.364. The summed E-state index contributed by atoms with van der Waals surface area (Å²) < 4.78 is 20.0. The number of hydrogen-bond acceptors (Lipinski definition) is 2. The molecule has 0 N–H and O–H groups in total. The molecule has 0 aromatic carbocycles. The van der Waals surface area contributed by atoms with Gasteiger partial charge in [0.15, 0.2) is 0 Å². The Kier molecular flexibility index (Phi) is 4.70. The molecular formula is C16H21FO2. The third-order valence-electron chi connectivity index (χ3n) is 4.03. The van der Waals surface area contributed by atoms with Crippen LogP contribution < -0.4 is 0 Å². The molecule has 0 aromatic rings. The third-order valence-corrected chi connectivity index (χ3v) is 4.03. The SMILES string of the molecule is CC1=C(C=O)C(C)C(F)C(OCC2=CC=CCC2)C1. The van der Waals surface area contributed by atoms with Crippen LogP contribution in [0.5, 0.6) is 0 Å². The van der Waals surface area contributed by atoms with E-state index in [-0.39, 0.29) is 5.92 Å². The van der Waals surface area contributed by atoms with Crippen molar-refractivity contribution in [3.63, 3.8) is 0 Å².